The molecule has 0 saturated heterocycles. The Morgan fingerprint density at radius 3 is 2.87 bits per heavy atom. The van der Waals surface area contributed by atoms with Gasteiger partial charge in [0.15, 0.2) is 0 Å². The first-order valence-electron chi connectivity index (χ1n) is 7.76. The van der Waals surface area contributed by atoms with Gasteiger partial charge in [-0.3, -0.25) is 4.79 Å². The van der Waals surface area contributed by atoms with Crippen molar-refractivity contribution in [2.45, 2.75) is 45.3 Å². The number of amides is 1. The topological polar surface area (TPSA) is 84.9 Å². The predicted molar refractivity (Wildman–Crippen MR) is 88.0 cm³/mol. The zero-order chi connectivity index (χ0) is 16.8. The number of carboxylic acid groups (broad SMARTS) is 1. The number of carboxylic acids is 1. The number of hydrogen-bond donors (Lipinski definition) is 2. The van der Waals surface area contributed by atoms with Crippen molar-refractivity contribution in [3.63, 3.8) is 0 Å². The van der Waals surface area contributed by atoms with E-state index in [9.17, 15) is 9.59 Å². The summed E-state index contributed by atoms with van der Waals surface area (Å²) in [5.74, 6) is -0.635. The predicted octanol–water partition coefficient (Wildman–Crippen LogP) is 3.13. The van der Waals surface area contributed by atoms with Gasteiger partial charge in [0.1, 0.15) is 11.5 Å². The molecule has 2 unspecified atom stereocenters. The summed E-state index contributed by atoms with van der Waals surface area (Å²) < 4.78 is 10.7. The van der Waals surface area contributed by atoms with Gasteiger partial charge in [0.05, 0.1) is 17.7 Å². The Bertz CT molecular complexity index is 557. The third kappa shape index (κ3) is 5.30. The molecule has 1 aromatic heterocycles. The maximum absolute atomic E-state index is 12.0. The van der Waals surface area contributed by atoms with E-state index in [2.05, 4.69) is 12.2 Å². The van der Waals surface area contributed by atoms with Crippen LogP contribution in [-0.4, -0.2) is 36.8 Å². The molecule has 0 aromatic carbocycles. The molecule has 1 amide bonds. The third-order valence-electron chi connectivity index (χ3n) is 3.90. The highest BCUT2D eigenvalue weighted by molar-refractivity contribution is 7.18. The number of carbonyl (C=O) groups is 2. The standard InChI is InChI=1S/C16H23NO5S/c1-10-4-3-5-12(6-10)22-9-13(18)17-14-7-11(8-21-2)15(23-14)16(19)20/h7,10,12H,3-6,8-9H2,1-2H3,(H,17,18)(H,19,20). The maximum atomic E-state index is 12.0. The van der Waals surface area contributed by atoms with Gasteiger partial charge in [-0.15, -0.1) is 11.3 Å². The van der Waals surface area contributed by atoms with Gasteiger partial charge in [0, 0.05) is 12.7 Å². The van der Waals surface area contributed by atoms with Crippen molar-refractivity contribution in [1.29, 1.82) is 0 Å². The monoisotopic (exact) mass is 341 g/mol. The molecule has 1 saturated carbocycles. The van der Waals surface area contributed by atoms with E-state index in [1.54, 1.807) is 6.07 Å². The second-order valence-corrected chi connectivity index (χ2v) is 7.01. The molecule has 7 heteroatoms. The van der Waals surface area contributed by atoms with Gasteiger partial charge in [-0.25, -0.2) is 4.79 Å². The molecule has 0 spiro atoms. The van der Waals surface area contributed by atoms with Crippen molar-refractivity contribution in [3.05, 3.63) is 16.5 Å². The van der Waals surface area contributed by atoms with Crippen molar-refractivity contribution >= 4 is 28.2 Å². The molecule has 0 bridgehead atoms. The SMILES string of the molecule is COCc1cc(NC(=O)COC2CCCC(C)C2)sc1C(=O)O. The van der Waals surface area contributed by atoms with Crippen molar-refractivity contribution in [1.82, 2.24) is 0 Å². The zero-order valence-corrected chi connectivity index (χ0v) is 14.3. The molecule has 1 fully saturated rings. The van der Waals surface area contributed by atoms with Gasteiger partial charge in [0.2, 0.25) is 0 Å². The minimum Gasteiger partial charge on any atom is -0.477 e. The molecule has 1 heterocycles. The summed E-state index contributed by atoms with van der Waals surface area (Å²) in [7, 11) is 1.50. The summed E-state index contributed by atoms with van der Waals surface area (Å²) in [6, 6.07) is 1.64. The van der Waals surface area contributed by atoms with E-state index >= 15 is 0 Å². The first kappa shape index (κ1) is 17.9. The fourth-order valence-electron chi connectivity index (χ4n) is 2.83. The van der Waals surface area contributed by atoms with E-state index in [0.717, 1.165) is 30.6 Å². The number of thiophene rings is 1. The number of ether oxygens (including phenoxy) is 2. The van der Waals surface area contributed by atoms with Crippen LogP contribution < -0.4 is 5.32 Å². The molecule has 23 heavy (non-hydrogen) atoms. The quantitative estimate of drug-likeness (QED) is 0.796. The van der Waals surface area contributed by atoms with Gasteiger partial charge in [0.25, 0.3) is 5.91 Å². The maximum Gasteiger partial charge on any atom is 0.346 e. The molecule has 1 aliphatic rings. The Labute approximate surface area is 139 Å². The van der Waals surface area contributed by atoms with E-state index in [1.165, 1.54) is 13.5 Å². The lowest BCUT2D eigenvalue weighted by molar-refractivity contribution is -0.123. The molecule has 1 aliphatic carbocycles. The van der Waals surface area contributed by atoms with Crippen LogP contribution in [0.2, 0.25) is 0 Å². The average molecular weight is 341 g/mol. The normalized spacial score (nSPS) is 21.1. The Kier molecular flexibility index (Phi) is 6.56. The molecule has 2 atom stereocenters. The number of anilines is 1. The Balaban J connectivity index is 1.87. The summed E-state index contributed by atoms with van der Waals surface area (Å²) in [4.78, 5) is 23.3. The number of aromatic carboxylic acids is 1. The summed E-state index contributed by atoms with van der Waals surface area (Å²) in [6.07, 6.45) is 4.50. The van der Waals surface area contributed by atoms with Gasteiger partial charge < -0.3 is 19.9 Å². The zero-order valence-electron chi connectivity index (χ0n) is 13.5. The smallest absolute Gasteiger partial charge is 0.346 e. The summed E-state index contributed by atoms with van der Waals surface area (Å²) >= 11 is 1.03. The highest BCUT2D eigenvalue weighted by atomic mass is 32.1. The number of carbonyl (C=O) groups excluding carboxylic acids is 1. The van der Waals surface area contributed by atoms with E-state index in [1.807, 2.05) is 0 Å². The van der Waals surface area contributed by atoms with Crippen LogP contribution >= 0.6 is 11.3 Å². The van der Waals surface area contributed by atoms with Gasteiger partial charge in [-0.2, -0.15) is 0 Å². The highest BCUT2D eigenvalue weighted by Gasteiger charge is 2.21. The van der Waals surface area contributed by atoms with Crippen LogP contribution in [0.5, 0.6) is 0 Å². The van der Waals surface area contributed by atoms with Crippen molar-refractivity contribution < 1.29 is 24.2 Å². The molecular formula is C16H23NO5S. The molecule has 2 rings (SSSR count). The van der Waals surface area contributed by atoms with Crippen molar-refractivity contribution in [2.75, 3.05) is 19.0 Å². The van der Waals surface area contributed by atoms with Gasteiger partial charge >= 0.3 is 5.97 Å². The number of hydrogen-bond acceptors (Lipinski definition) is 5. The Morgan fingerprint density at radius 1 is 1.43 bits per heavy atom. The van der Waals surface area contributed by atoms with E-state index in [4.69, 9.17) is 14.6 Å². The van der Waals surface area contributed by atoms with Crippen molar-refractivity contribution in [3.8, 4) is 0 Å². The second-order valence-electron chi connectivity index (χ2n) is 5.96. The van der Waals surface area contributed by atoms with Crippen molar-refractivity contribution in [2.24, 2.45) is 5.92 Å². The first-order valence-corrected chi connectivity index (χ1v) is 8.57. The molecule has 128 valence electrons. The number of rotatable bonds is 7. The lowest BCUT2D eigenvalue weighted by Gasteiger charge is -2.26. The van der Waals surface area contributed by atoms with Crippen LogP contribution in [0.3, 0.4) is 0 Å². The van der Waals surface area contributed by atoms with Crippen LogP contribution in [0.15, 0.2) is 6.07 Å². The summed E-state index contributed by atoms with van der Waals surface area (Å²) in [6.45, 7) is 2.40. The molecule has 2 N–H and O–H groups in total. The molecule has 6 nitrogen and oxygen atoms in total. The Hall–Kier alpha value is -1.44. The summed E-state index contributed by atoms with van der Waals surface area (Å²) in [5.41, 5.74) is 0.558. The minimum absolute atomic E-state index is 0.00268. The third-order valence-corrected chi connectivity index (χ3v) is 4.98. The molecule has 0 radical (unpaired) electrons. The lowest BCUT2D eigenvalue weighted by atomic mass is 9.89. The lowest BCUT2D eigenvalue weighted by Crippen LogP contribution is -2.26. The average Bonchev–Trinajstić information content (AvgIpc) is 2.88. The molecular weight excluding hydrogens is 318 g/mol. The fourth-order valence-corrected chi connectivity index (χ4v) is 3.75. The second kappa shape index (κ2) is 8.42. The number of methoxy groups -OCH3 is 1. The summed E-state index contributed by atoms with van der Waals surface area (Å²) in [5, 5.41) is 12.4. The molecule has 0 aliphatic heterocycles. The van der Waals surface area contributed by atoms with Gasteiger partial charge in [-0.1, -0.05) is 19.8 Å². The van der Waals surface area contributed by atoms with E-state index in [-0.39, 0.29) is 30.1 Å². The van der Waals surface area contributed by atoms with Crippen LogP contribution in [0.4, 0.5) is 5.00 Å². The fraction of sp³-hybridized carbons (Fsp3) is 0.625. The first-order chi connectivity index (χ1) is 11.0. The van der Waals surface area contributed by atoms with E-state index in [0.29, 0.717) is 16.5 Å². The van der Waals surface area contributed by atoms with Crippen LogP contribution in [0.25, 0.3) is 0 Å². The largest absolute Gasteiger partial charge is 0.477 e. The van der Waals surface area contributed by atoms with Gasteiger partial charge in [-0.05, 0) is 24.8 Å². The van der Waals surface area contributed by atoms with Crippen LogP contribution in [-0.2, 0) is 20.9 Å². The molecule has 1 aromatic rings. The van der Waals surface area contributed by atoms with E-state index < -0.39 is 5.97 Å². The number of nitrogens with one attached hydrogen (secondary N) is 1. The minimum atomic E-state index is -1.02. The van der Waals surface area contributed by atoms with Crippen LogP contribution in [0.1, 0.15) is 47.8 Å². The Morgan fingerprint density at radius 2 is 2.22 bits per heavy atom. The highest BCUT2D eigenvalue weighted by Crippen LogP contribution is 2.28. The van der Waals surface area contributed by atoms with Crippen LogP contribution in [0, 0.1) is 5.92 Å².